The van der Waals surface area contributed by atoms with Gasteiger partial charge in [-0.2, -0.15) is 0 Å². The lowest BCUT2D eigenvalue weighted by molar-refractivity contribution is 0.120. The molecule has 0 unspecified atom stereocenters. The van der Waals surface area contributed by atoms with Crippen molar-refractivity contribution in [1.29, 1.82) is 0 Å². The van der Waals surface area contributed by atoms with Gasteiger partial charge in [0.25, 0.3) is 0 Å². The monoisotopic (exact) mass is 496 g/mol. The van der Waals surface area contributed by atoms with E-state index in [4.69, 9.17) is 4.98 Å². The molecule has 6 rings (SSSR count). The van der Waals surface area contributed by atoms with Gasteiger partial charge in [-0.15, -0.1) is 0 Å². The smallest absolute Gasteiger partial charge is 0.137 e. The molecule has 0 spiro atoms. The average molecular weight is 497 g/mol. The maximum Gasteiger partial charge on any atom is 0.137 e. The van der Waals surface area contributed by atoms with Crippen LogP contribution < -0.4 is 0 Å². The summed E-state index contributed by atoms with van der Waals surface area (Å²) in [4.78, 5) is 10.1. The summed E-state index contributed by atoms with van der Waals surface area (Å²) in [6.45, 7) is 13.8. The van der Waals surface area contributed by atoms with Crippen molar-refractivity contribution < 1.29 is 4.39 Å². The van der Waals surface area contributed by atoms with Crippen LogP contribution in [-0.2, 0) is 6.54 Å². The number of imidazole rings is 1. The highest BCUT2D eigenvalue weighted by molar-refractivity contribution is 5.77. The zero-order chi connectivity index (χ0) is 25.5. The van der Waals surface area contributed by atoms with Crippen molar-refractivity contribution in [3.05, 3.63) is 89.7 Å². The molecule has 3 aromatic rings. The summed E-state index contributed by atoms with van der Waals surface area (Å²) in [5, 5.41) is 0. The molecular weight excluding hydrogens is 459 g/mol. The summed E-state index contributed by atoms with van der Waals surface area (Å²) in [5.41, 5.74) is 8.39. The van der Waals surface area contributed by atoms with Crippen LogP contribution in [0.15, 0.2) is 72.8 Å². The van der Waals surface area contributed by atoms with Crippen LogP contribution in [0.25, 0.3) is 22.5 Å². The Hall–Kier alpha value is -3.18. The molecule has 0 bridgehead atoms. The first-order valence-electron chi connectivity index (χ1n) is 13.8. The Bertz CT molecular complexity index is 1380. The molecule has 1 saturated carbocycles. The van der Waals surface area contributed by atoms with Crippen LogP contribution in [-0.4, -0.2) is 45.4 Å². The summed E-state index contributed by atoms with van der Waals surface area (Å²) >= 11 is 0. The fraction of sp³-hybridized carbons (Fsp3) is 0.406. The number of piperazine rings is 1. The Morgan fingerprint density at radius 3 is 2.62 bits per heavy atom. The summed E-state index contributed by atoms with van der Waals surface area (Å²) < 4.78 is 16.9. The maximum atomic E-state index is 14.7. The number of aromatic nitrogens is 2. The van der Waals surface area contributed by atoms with E-state index in [9.17, 15) is 4.39 Å². The second-order valence-corrected chi connectivity index (χ2v) is 11.2. The van der Waals surface area contributed by atoms with Crippen molar-refractivity contribution in [1.82, 2.24) is 19.2 Å². The molecule has 0 atom stereocenters. The van der Waals surface area contributed by atoms with Crippen LogP contribution in [0.2, 0.25) is 0 Å². The Balaban J connectivity index is 1.30. The first-order chi connectivity index (χ1) is 18.0. The van der Waals surface area contributed by atoms with Crippen LogP contribution >= 0.6 is 0 Å². The molecule has 37 heavy (non-hydrogen) atoms. The SMILES string of the molecule is C=C(C1CC(C)C1)N1CCN(Cc2c(-c3cccc(C)c3)nc3ccc(C4=C(F)CCC=C4)cn23)CC1. The number of pyridine rings is 1. The molecule has 0 N–H and O–H groups in total. The third-order valence-corrected chi connectivity index (χ3v) is 8.42. The lowest BCUT2D eigenvalue weighted by atomic mass is 9.74. The van der Waals surface area contributed by atoms with Crippen molar-refractivity contribution in [2.75, 3.05) is 26.2 Å². The fourth-order valence-corrected chi connectivity index (χ4v) is 6.15. The van der Waals surface area contributed by atoms with Gasteiger partial charge < -0.3 is 9.30 Å². The number of hydrogen-bond donors (Lipinski definition) is 0. The van der Waals surface area contributed by atoms with E-state index in [1.54, 1.807) is 0 Å². The molecule has 192 valence electrons. The Kier molecular flexibility index (Phi) is 6.49. The molecule has 2 aromatic heterocycles. The molecule has 0 radical (unpaired) electrons. The molecule has 2 fully saturated rings. The zero-order valence-electron chi connectivity index (χ0n) is 22.1. The molecule has 1 aromatic carbocycles. The molecule has 0 amide bonds. The van der Waals surface area contributed by atoms with E-state index in [1.165, 1.54) is 29.8 Å². The van der Waals surface area contributed by atoms with Crippen molar-refractivity contribution in [2.24, 2.45) is 11.8 Å². The quantitative estimate of drug-likeness (QED) is 0.366. The largest absolute Gasteiger partial charge is 0.372 e. The summed E-state index contributed by atoms with van der Waals surface area (Å²) in [7, 11) is 0. The Morgan fingerprint density at radius 1 is 1.08 bits per heavy atom. The summed E-state index contributed by atoms with van der Waals surface area (Å²) in [6.07, 6.45) is 9.89. The Labute approximate surface area is 219 Å². The number of nitrogens with zero attached hydrogens (tertiary/aromatic N) is 4. The van der Waals surface area contributed by atoms with Crippen LogP contribution in [0, 0.1) is 18.8 Å². The lowest BCUT2D eigenvalue weighted by Crippen LogP contribution is -2.47. The topological polar surface area (TPSA) is 23.8 Å². The second kappa shape index (κ2) is 9.94. The van der Waals surface area contributed by atoms with E-state index < -0.39 is 0 Å². The molecule has 3 aliphatic rings. The number of rotatable bonds is 6. The van der Waals surface area contributed by atoms with Gasteiger partial charge in [-0.25, -0.2) is 9.37 Å². The van der Waals surface area contributed by atoms with Crippen molar-refractivity contribution >= 4 is 11.2 Å². The highest BCUT2D eigenvalue weighted by Gasteiger charge is 2.31. The molecule has 1 aliphatic heterocycles. The minimum absolute atomic E-state index is 0.0281. The van der Waals surface area contributed by atoms with Crippen LogP contribution in [0.1, 0.15) is 49.4 Å². The van der Waals surface area contributed by atoms with E-state index in [1.807, 2.05) is 18.2 Å². The molecular formula is C32H37FN4. The van der Waals surface area contributed by atoms with Crippen molar-refractivity contribution in [2.45, 2.75) is 46.1 Å². The third kappa shape index (κ3) is 4.77. The molecule has 3 heterocycles. The Morgan fingerprint density at radius 2 is 1.89 bits per heavy atom. The minimum atomic E-state index is -0.0281. The molecule has 1 saturated heterocycles. The highest BCUT2D eigenvalue weighted by Crippen LogP contribution is 2.39. The number of benzene rings is 1. The lowest BCUT2D eigenvalue weighted by Gasteiger charge is -2.43. The third-order valence-electron chi connectivity index (χ3n) is 8.42. The van der Waals surface area contributed by atoms with E-state index >= 15 is 0 Å². The predicted octanol–water partition coefficient (Wildman–Crippen LogP) is 7.02. The van der Waals surface area contributed by atoms with Crippen LogP contribution in [0.3, 0.4) is 0 Å². The van der Waals surface area contributed by atoms with Gasteiger partial charge in [0.1, 0.15) is 11.5 Å². The van der Waals surface area contributed by atoms with Gasteiger partial charge in [0.05, 0.1) is 11.4 Å². The van der Waals surface area contributed by atoms with Gasteiger partial charge in [-0.1, -0.05) is 49.4 Å². The first-order valence-corrected chi connectivity index (χ1v) is 13.8. The number of fused-ring (bicyclic) bond motifs is 1. The normalized spacial score (nSPS) is 22.5. The second-order valence-electron chi connectivity index (χ2n) is 11.2. The van der Waals surface area contributed by atoms with Gasteiger partial charge in [-0.3, -0.25) is 4.90 Å². The maximum absolute atomic E-state index is 14.7. The van der Waals surface area contributed by atoms with E-state index in [0.29, 0.717) is 17.9 Å². The minimum Gasteiger partial charge on any atom is -0.372 e. The van der Waals surface area contributed by atoms with Gasteiger partial charge in [0.2, 0.25) is 0 Å². The van der Waals surface area contributed by atoms with E-state index in [0.717, 1.165) is 67.5 Å². The number of aryl methyl sites for hydroxylation is 1. The predicted molar refractivity (Wildman–Crippen MR) is 150 cm³/mol. The van der Waals surface area contributed by atoms with Crippen LogP contribution in [0.5, 0.6) is 0 Å². The molecule has 2 aliphatic carbocycles. The summed E-state index contributed by atoms with van der Waals surface area (Å²) in [5.74, 6) is 1.49. The van der Waals surface area contributed by atoms with E-state index in [-0.39, 0.29) is 5.83 Å². The van der Waals surface area contributed by atoms with Gasteiger partial charge in [0.15, 0.2) is 0 Å². The van der Waals surface area contributed by atoms with Gasteiger partial charge >= 0.3 is 0 Å². The standard InChI is InChI=1S/C32H37FN4/c1-22-7-6-8-25(17-22)32-30(21-35-13-15-36(16-14-35)24(3)27-18-23(2)19-27)37-20-26(11-12-31(37)34-32)28-9-4-5-10-29(28)33/h4,6-9,11-12,17,20,23,27H,3,5,10,13-16,18-19,21H2,1-2H3. The average Bonchev–Trinajstić information content (AvgIpc) is 3.25. The fourth-order valence-electron chi connectivity index (χ4n) is 6.15. The van der Waals surface area contributed by atoms with Crippen LogP contribution in [0.4, 0.5) is 4.39 Å². The first kappa shape index (κ1) is 24.2. The molecule has 4 nitrogen and oxygen atoms in total. The molecule has 5 heteroatoms. The van der Waals surface area contributed by atoms with Crippen molar-refractivity contribution in [3.63, 3.8) is 0 Å². The summed E-state index contributed by atoms with van der Waals surface area (Å²) in [6, 6.07) is 12.6. The number of allylic oxidation sites excluding steroid dienone is 5. The van der Waals surface area contributed by atoms with Crippen molar-refractivity contribution in [3.8, 4) is 11.3 Å². The zero-order valence-corrected chi connectivity index (χ0v) is 22.1. The number of halogens is 1. The van der Waals surface area contributed by atoms with Gasteiger partial charge in [-0.05, 0) is 56.2 Å². The van der Waals surface area contributed by atoms with Gasteiger partial charge in [0, 0.05) is 67.7 Å². The van der Waals surface area contributed by atoms with E-state index in [2.05, 4.69) is 71.2 Å². The number of hydrogen-bond acceptors (Lipinski definition) is 3. The highest BCUT2D eigenvalue weighted by atomic mass is 19.1.